The Morgan fingerprint density at radius 1 is 0.778 bits per heavy atom. The van der Waals surface area contributed by atoms with E-state index in [1.807, 2.05) is 115 Å². The third-order valence-electron chi connectivity index (χ3n) is 11.2. The van der Waals surface area contributed by atoms with Crippen LogP contribution in [0.15, 0.2) is 138 Å². The van der Waals surface area contributed by atoms with Crippen LogP contribution in [0.25, 0.3) is 10.9 Å². The number of aliphatic hydroxyl groups is 1. The number of alkyl carbamates (subject to hydrolysis) is 1. The van der Waals surface area contributed by atoms with Gasteiger partial charge in [0.1, 0.15) is 36.9 Å². The summed E-state index contributed by atoms with van der Waals surface area (Å²) in [5.74, 6) is 1.52. The Morgan fingerprint density at radius 3 is 2.25 bits per heavy atom. The highest BCUT2D eigenvalue weighted by atomic mass is 16.6. The van der Waals surface area contributed by atoms with Crippen molar-refractivity contribution in [1.29, 1.82) is 0 Å². The number of Topliss-reactive ketones (excluding diaryl/α,β-unsaturated/α-hetero) is 1. The maximum Gasteiger partial charge on any atom is 0.408 e. The Balaban J connectivity index is 0.981. The molecule has 0 aliphatic carbocycles. The fourth-order valence-corrected chi connectivity index (χ4v) is 7.68. The number of aromatic amines is 1. The number of carbonyl (C=O) groups is 2. The maximum absolute atomic E-state index is 13.7. The molecule has 0 saturated carbocycles. The van der Waals surface area contributed by atoms with Gasteiger partial charge in [0, 0.05) is 29.5 Å². The van der Waals surface area contributed by atoms with Gasteiger partial charge in [-0.3, -0.25) is 9.59 Å². The van der Waals surface area contributed by atoms with Crippen LogP contribution in [0.5, 0.6) is 17.2 Å². The highest BCUT2D eigenvalue weighted by Crippen LogP contribution is 2.29. The number of aliphatic hydroxyl groups excluding tert-OH is 1. The van der Waals surface area contributed by atoms with Crippen LogP contribution in [0, 0.1) is 5.92 Å². The molecule has 0 fully saturated rings. The summed E-state index contributed by atoms with van der Waals surface area (Å²) < 4.78 is 18.5. The molecule has 0 aliphatic heterocycles. The second-order valence-corrected chi connectivity index (χ2v) is 15.6. The normalized spacial score (nSPS) is 12.7. The van der Waals surface area contributed by atoms with Crippen molar-refractivity contribution in [3.05, 3.63) is 172 Å². The number of aromatic nitrogens is 1. The summed E-state index contributed by atoms with van der Waals surface area (Å²) >= 11 is 0. The fourth-order valence-electron chi connectivity index (χ4n) is 7.68. The molecular formula is C51H59N4O8+. The fraction of sp³-hybridized carbons (Fsp3) is 0.314. The van der Waals surface area contributed by atoms with E-state index in [0.29, 0.717) is 60.6 Å². The number of benzene rings is 5. The first kappa shape index (κ1) is 46.0. The second kappa shape index (κ2) is 23.7. The number of carbonyl (C=O) groups excluding carboxylic acids is 2. The van der Waals surface area contributed by atoms with Crippen LogP contribution in [0.2, 0.25) is 0 Å². The molecule has 330 valence electrons. The largest absolute Gasteiger partial charge is 0.506 e. The number of ether oxygens (including phenoxy) is 3. The predicted molar refractivity (Wildman–Crippen MR) is 244 cm³/mol. The number of unbranched alkanes of at least 4 members (excludes halogenated alkanes) is 1. The lowest BCUT2D eigenvalue weighted by Gasteiger charge is -2.26. The number of amides is 1. The van der Waals surface area contributed by atoms with E-state index in [9.17, 15) is 24.6 Å². The monoisotopic (exact) mass is 855 g/mol. The minimum atomic E-state index is -0.814. The molecule has 63 heavy (non-hydrogen) atoms. The standard InChI is InChI=1S/C51H58N4O8/c1-3-36(4-2)47(33-53-31-45(57)37-16-7-5-8-17-37)63-51(60)55-49(38-18-9-6-10-19-38)39-20-14-22-41(30-39)62-34-35-15-13-21-40(29-35)61-28-12-11-27-52-32-46(58)42-23-25-44(56)50-43(42)24-26-48(59)54-50/h5-10,13-26,29-30,36,46-47,49,52-53,56,58H,3-4,11-12,27-28,31-34H2,1-2H3,(H,54,59)(H,55,60)/p+1/t46?,47-,49?/m0/s1. The highest BCUT2D eigenvalue weighted by Gasteiger charge is 2.27. The van der Waals surface area contributed by atoms with Crippen LogP contribution in [0.4, 0.5) is 4.79 Å². The van der Waals surface area contributed by atoms with E-state index >= 15 is 0 Å². The molecule has 0 radical (unpaired) electrons. The van der Waals surface area contributed by atoms with Gasteiger partial charge in [-0.15, -0.1) is 0 Å². The molecule has 0 spiro atoms. The van der Waals surface area contributed by atoms with Gasteiger partial charge in [-0.1, -0.05) is 105 Å². The third-order valence-corrected chi connectivity index (χ3v) is 11.2. The number of hydrogen-bond donors (Lipinski definition) is 6. The average molecular weight is 856 g/mol. The van der Waals surface area contributed by atoms with E-state index in [1.165, 1.54) is 12.1 Å². The highest BCUT2D eigenvalue weighted by molar-refractivity contribution is 5.96. The van der Waals surface area contributed by atoms with E-state index in [4.69, 9.17) is 14.2 Å². The van der Waals surface area contributed by atoms with Crippen LogP contribution in [0.1, 0.15) is 84.3 Å². The Hall–Kier alpha value is -6.47. The molecule has 6 aromatic rings. The molecule has 12 heteroatoms. The SMILES string of the molecule is CCC(CC)[C@H](C[NH2+]CC(=O)c1ccccc1)OC(=O)NC(c1ccccc1)c1cccc(OCc2cccc(OCCCCNCC(O)c3ccc(O)c4[nH]c(=O)ccc34)c2)c1. The summed E-state index contributed by atoms with van der Waals surface area (Å²) in [5, 5.41) is 29.9. The predicted octanol–water partition coefficient (Wildman–Crippen LogP) is 7.36. The van der Waals surface area contributed by atoms with Crippen molar-refractivity contribution in [3.8, 4) is 17.2 Å². The van der Waals surface area contributed by atoms with Gasteiger partial charge >= 0.3 is 6.09 Å². The van der Waals surface area contributed by atoms with Crippen molar-refractivity contribution in [2.75, 3.05) is 32.8 Å². The topological polar surface area (TPSA) is 176 Å². The smallest absolute Gasteiger partial charge is 0.408 e. The maximum atomic E-state index is 13.7. The summed E-state index contributed by atoms with van der Waals surface area (Å²) in [6, 6.07) is 40.1. The lowest BCUT2D eigenvalue weighted by atomic mass is 9.96. The van der Waals surface area contributed by atoms with Gasteiger partial charge in [-0.25, -0.2) is 4.79 Å². The summed E-state index contributed by atoms with van der Waals surface area (Å²) in [6.07, 6.45) is 1.59. The van der Waals surface area contributed by atoms with Gasteiger partial charge in [0.05, 0.1) is 24.3 Å². The van der Waals surface area contributed by atoms with E-state index in [1.54, 1.807) is 12.1 Å². The van der Waals surface area contributed by atoms with Crippen molar-refractivity contribution >= 4 is 22.8 Å². The quantitative estimate of drug-likeness (QED) is 0.0268. The van der Waals surface area contributed by atoms with Gasteiger partial charge in [0.25, 0.3) is 0 Å². The van der Waals surface area contributed by atoms with Crippen molar-refractivity contribution in [2.24, 2.45) is 5.92 Å². The average Bonchev–Trinajstić information content (AvgIpc) is 3.31. The molecule has 7 N–H and O–H groups in total. The van der Waals surface area contributed by atoms with Gasteiger partial charge in [-0.05, 0) is 90.9 Å². The van der Waals surface area contributed by atoms with Crippen molar-refractivity contribution in [1.82, 2.24) is 15.6 Å². The number of phenolic OH excluding ortho intramolecular Hbond substituents is 1. The minimum absolute atomic E-state index is 0.0341. The van der Waals surface area contributed by atoms with Crippen molar-refractivity contribution in [3.63, 3.8) is 0 Å². The lowest BCUT2D eigenvalue weighted by molar-refractivity contribution is -0.649. The number of pyridine rings is 1. The molecule has 3 atom stereocenters. The van der Waals surface area contributed by atoms with E-state index in [-0.39, 0.29) is 35.7 Å². The Kier molecular flexibility index (Phi) is 17.3. The van der Waals surface area contributed by atoms with E-state index in [2.05, 4.69) is 29.5 Å². The lowest BCUT2D eigenvalue weighted by Crippen LogP contribution is -2.88. The summed E-state index contributed by atoms with van der Waals surface area (Å²) in [6.45, 7) is 6.75. The van der Waals surface area contributed by atoms with Gasteiger partial charge in [-0.2, -0.15) is 0 Å². The number of nitrogens with one attached hydrogen (secondary N) is 3. The van der Waals surface area contributed by atoms with Crippen LogP contribution in [-0.2, 0) is 11.3 Å². The van der Waals surface area contributed by atoms with Gasteiger partial charge < -0.3 is 45.4 Å². The number of rotatable bonds is 24. The zero-order chi connectivity index (χ0) is 44.4. The molecule has 0 saturated heterocycles. The molecule has 2 unspecified atom stereocenters. The summed E-state index contributed by atoms with van der Waals surface area (Å²) in [7, 11) is 0. The molecule has 1 amide bonds. The van der Waals surface area contributed by atoms with E-state index < -0.39 is 18.2 Å². The number of quaternary nitrogens is 1. The Bertz CT molecular complexity index is 2420. The van der Waals surface area contributed by atoms with Crippen molar-refractivity contribution < 1.29 is 39.3 Å². The van der Waals surface area contributed by atoms with Gasteiger partial charge in [0.15, 0.2) is 6.10 Å². The van der Waals surface area contributed by atoms with Crippen molar-refractivity contribution in [2.45, 2.75) is 64.4 Å². The minimum Gasteiger partial charge on any atom is -0.506 e. The Morgan fingerprint density at radius 2 is 1.49 bits per heavy atom. The number of ketones is 1. The summed E-state index contributed by atoms with van der Waals surface area (Å²) in [5.41, 5.74) is 3.95. The molecule has 6 rings (SSSR count). The van der Waals surface area contributed by atoms with Crippen LogP contribution >= 0.6 is 0 Å². The van der Waals surface area contributed by atoms with E-state index in [0.717, 1.165) is 48.1 Å². The first-order chi connectivity index (χ1) is 30.7. The van der Waals surface area contributed by atoms with Gasteiger partial charge in [0.2, 0.25) is 11.3 Å². The van der Waals surface area contributed by atoms with Crippen LogP contribution in [-0.4, -0.2) is 66.0 Å². The summed E-state index contributed by atoms with van der Waals surface area (Å²) in [4.78, 5) is 40.8. The number of nitrogens with two attached hydrogens (primary N) is 1. The molecule has 0 aliphatic rings. The molecule has 1 heterocycles. The molecule has 1 aromatic heterocycles. The number of H-pyrrole nitrogens is 1. The molecular weight excluding hydrogens is 797 g/mol. The third kappa shape index (κ3) is 13.5. The van der Waals surface area contributed by atoms with Crippen LogP contribution in [0.3, 0.4) is 0 Å². The first-order valence-electron chi connectivity index (χ1n) is 21.8. The first-order valence-corrected chi connectivity index (χ1v) is 21.8. The number of fused-ring (bicyclic) bond motifs is 1. The second-order valence-electron chi connectivity index (χ2n) is 15.6. The number of phenols is 1. The number of aromatic hydroxyl groups is 1. The molecule has 5 aromatic carbocycles. The number of hydrogen-bond acceptors (Lipinski definition) is 9. The zero-order valence-corrected chi connectivity index (χ0v) is 36.0. The van der Waals surface area contributed by atoms with Crippen LogP contribution < -0.4 is 31.0 Å². The zero-order valence-electron chi connectivity index (χ0n) is 36.0. The molecule has 0 bridgehead atoms. The Labute approximate surface area is 368 Å². The molecule has 12 nitrogen and oxygen atoms in total.